The molecule has 1 saturated heterocycles. The van der Waals surface area contributed by atoms with Crippen LogP contribution in [-0.4, -0.2) is 55.6 Å². The van der Waals surface area contributed by atoms with E-state index in [1.54, 1.807) is 0 Å². The first-order valence-electron chi connectivity index (χ1n) is 3.80. The quantitative estimate of drug-likeness (QED) is 0.505. The maximum absolute atomic E-state index is 9.57. The average Bonchev–Trinajstić information content (AvgIpc) is 2.17. The van der Waals surface area contributed by atoms with Crippen molar-refractivity contribution in [2.24, 2.45) is 0 Å². The zero-order valence-electron chi connectivity index (χ0n) is 7.23. The Bertz CT molecular complexity index is 161. The van der Waals surface area contributed by atoms with Crippen LogP contribution in [0.5, 0.6) is 0 Å². The van der Waals surface area contributed by atoms with Crippen LogP contribution in [0.15, 0.2) is 0 Å². The Morgan fingerprint density at radius 1 is 1.67 bits per heavy atom. The highest BCUT2D eigenvalue weighted by Crippen LogP contribution is 2.28. The summed E-state index contributed by atoms with van der Waals surface area (Å²) in [6, 6.07) is -0.854. The van der Waals surface area contributed by atoms with E-state index in [1.807, 2.05) is 0 Å². The van der Waals surface area contributed by atoms with Crippen LogP contribution < -0.4 is 0 Å². The third kappa shape index (κ3) is 1.50. The molecule has 68 valence electrons. The molecule has 5 heteroatoms. The smallest absolute Gasteiger partial charge is 0.113 e. The first-order valence-corrected chi connectivity index (χ1v) is 3.80. The monoisotopic (exact) mass is 172 g/mol. The summed E-state index contributed by atoms with van der Waals surface area (Å²) in [5.74, 6) is 0. The Morgan fingerprint density at radius 3 is 2.58 bits per heavy atom. The van der Waals surface area contributed by atoms with Crippen LogP contribution in [0.4, 0.5) is 0 Å². The second-order valence-corrected chi connectivity index (χ2v) is 3.22. The normalized spacial score (nSPS) is 48.2. The van der Waals surface area contributed by atoms with Crippen LogP contribution in [0, 0.1) is 0 Å². The van der Waals surface area contributed by atoms with Crippen LogP contribution in [0.2, 0.25) is 0 Å². The van der Waals surface area contributed by atoms with Gasteiger partial charge in [0.15, 0.2) is 0 Å². The Morgan fingerprint density at radius 2 is 2.25 bits per heavy atom. The predicted octanol–water partition coefficient (Wildman–Crippen LogP) is -1.36. The average molecular weight is 172 g/mol. The van der Waals surface area contributed by atoms with E-state index in [2.05, 4.69) is 0 Å². The second kappa shape index (κ2) is 3.34. The number of aliphatic hydroxyl groups excluding tert-OH is 1. The van der Waals surface area contributed by atoms with E-state index < -0.39 is 23.8 Å². The molecule has 2 N–H and O–H groups in total. The highest BCUT2D eigenvalue weighted by atomic mass is 16.6. The molecule has 2 radical (unpaired) electrons. The summed E-state index contributed by atoms with van der Waals surface area (Å²) in [7, 11) is 6.93. The van der Waals surface area contributed by atoms with E-state index in [0.717, 1.165) is 0 Å². The first kappa shape index (κ1) is 9.99. The van der Waals surface area contributed by atoms with Crippen LogP contribution >= 0.6 is 0 Å². The highest BCUT2D eigenvalue weighted by molar-refractivity contribution is 6.12. The van der Waals surface area contributed by atoms with Crippen molar-refractivity contribution in [2.45, 2.75) is 30.7 Å². The van der Waals surface area contributed by atoms with E-state index in [9.17, 15) is 10.2 Å². The minimum absolute atomic E-state index is 0.227. The molecule has 0 aromatic carbocycles. The van der Waals surface area contributed by atoms with Gasteiger partial charge in [0.25, 0.3) is 0 Å². The number of hydrogen-bond donors (Lipinski definition) is 2. The zero-order chi connectivity index (χ0) is 9.35. The fourth-order valence-electron chi connectivity index (χ4n) is 1.24. The standard InChI is InChI=1S/C7H13BO4/c1-7(10)5(9)4(3-11-2)12-6(7)8/h4-6,9-10H,3H2,1-2H3/t4-,5-,6-,7?/m1/s1. The Hall–Kier alpha value is -0.0951. The van der Waals surface area contributed by atoms with Crippen molar-refractivity contribution in [3.63, 3.8) is 0 Å². The van der Waals surface area contributed by atoms with Gasteiger partial charge in [0.1, 0.15) is 25.7 Å². The molecule has 0 bridgehead atoms. The lowest BCUT2D eigenvalue weighted by Crippen LogP contribution is -2.46. The molecule has 1 heterocycles. The van der Waals surface area contributed by atoms with Gasteiger partial charge in [-0.2, -0.15) is 0 Å². The summed E-state index contributed by atoms with van der Waals surface area (Å²) >= 11 is 0. The molecule has 4 atom stereocenters. The summed E-state index contributed by atoms with van der Waals surface area (Å²) in [6.45, 7) is 1.67. The van der Waals surface area contributed by atoms with Gasteiger partial charge < -0.3 is 19.7 Å². The van der Waals surface area contributed by atoms with E-state index in [0.29, 0.717) is 0 Å². The lowest BCUT2D eigenvalue weighted by molar-refractivity contribution is -0.0494. The topological polar surface area (TPSA) is 58.9 Å². The Balaban J connectivity index is 2.63. The van der Waals surface area contributed by atoms with Gasteiger partial charge >= 0.3 is 0 Å². The van der Waals surface area contributed by atoms with Crippen molar-refractivity contribution in [2.75, 3.05) is 13.7 Å². The summed E-state index contributed by atoms with van der Waals surface area (Å²) in [5.41, 5.74) is -1.39. The van der Waals surface area contributed by atoms with Crippen molar-refractivity contribution in [1.82, 2.24) is 0 Å². The maximum Gasteiger partial charge on any atom is 0.113 e. The van der Waals surface area contributed by atoms with Gasteiger partial charge in [-0.25, -0.2) is 0 Å². The van der Waals surface area contributed by atoms with Crippen molar-refractivity contribution in [1.29, 1.82) is 0 Å². The van der Waals surface area contributed by atoms with Gasteiger partial charge in [0.05, 0.1) is 6.61 Å². The third-order valence-corrected chi connectivity index (χ3v) is 2.18. The zero-order valence-corrected chi connectivity index (χ0v) is 7.23. The summed E-state index contributed by atoms with van der Waals surface area (Å²) in [5, 5.41) is 19.1. The van der Waals surface area contributed by atoms with Crippen molar-refractivity contribution in [3.8, 4) is 0 Å². The molecule has 0 amide bonds. The first-order chi connectivity index (χ1) is 5.50. The van der Waals surface area contributed by atoms with E-state index in [4.69, 9.17) is 17.3 Å². The molecular weight excluding hydrogens is 159 g/mol. The molecule has 1 fully saturated rings. The van der Waals surface area contributed by atoms with Gasteiger partial charge in [0, 0.05) is 13.1 Å². The van der Waals surface area contributed by atoms with Crippen LogP contribution in [-0.2, 0) is 9.47 Å². The predicted molar refractivity (Wildman–Crippen MR) is 42.9 cm³/mol. The fourth-order valence-corrected chi connectivity index (χ4v) is 1.24. The molecule has 1 unspecified atom stereocenters. The number of ether oxygens (including phenoxy) is 2. The lowest BCUT2D eigenvalue weighted by Gasteiger charge is -2.24. The molecule has 12 heavy (non-hydrogen) atoms. The Labute approximate surface area is 72.9 Å². The molecule has 0 spiro atoms. The van der Waals surface area contributed by atoms with Crippen LogP contribution in [0.25, 0.3) is 0 Å². The molecule has 0 saturated carbocycles. The summed E-state index contributed by atoms with van der Waals surface area (Å²) in [4.78, 5) is 0. The van der Waals surface area contributed by atoms with E-state index >= 15 is 0 Å². The van der Waals surface area contributed by atoms with Crippen LogP contribution in [0.1, 0.15) is 6.92 Å². The molecule has 1 aliphatic heterocycles. The summed E-state index contributed by atoms with van der Waals surface area (Å²) in [6.07, 6.45) is -1.53. The Kier molecular flexibility index (Phi) is 2.78. The minimum atomic E-state index is -1.39. The molecule has 4 nitrogen and oxygen atoms in total. The second-order valence-electron chi connectivity index (χ2n) is 3.22. The van der Waals surface area contributed by atoms with Gasteiger partial charge in [-0.05, 0) is 6.92 Å². The number of rotatable bonds is 2. The van der Waals surface area contributed by atoms with E-state index in [1.165, 1.54) is 14.0 Å². The number of aliphatic hydroxyl groups is 2. The number of hydrogen-bond acceptors (Lipinski definition) is 4. The summed E-state index contributed by atoms with van der Waals surface area (Å²) < 4.78 is 9.87. The van der Waals surface area contributed by atoms with Gasteiger partial charge in [-0.1, -0.05) is 0 Å². The van der Waals surface area contributed by atoms with Crippen LogP contribution in [0.3, 0.4) is 0 Å². The van der Waals surface area contributed by atoms with Crippen molar-refractivity contribution in [3.05, 3.63) is 0 Å². The molecular formula is C7H13BO4. The van der Waals surface area contributed by atoms with Gasteiger partial charge in [-0.15, -0.1) is 0 Å². The molecule has 0 aliphatic carbocycles. The van der Waals surface area contributed by atoms with Gasteiger partial charge in [0.2, 0.25) is 0 Å². The molecule has 1 rings (SSSR count). The molecule has 0 aromatic heterocycles. The lowest BCUT2D eigenvalue weighted by atomic mass is 9.82. The third-order valence-electron chi connectivity index (χ3n) is 2.18. The maximum atomic E-state index is 9.57. The van der Waals surface area contributed by atoms with Crippen molar-refractivity contribution >= 4 is 7.85 Å². The van der Waals surface area contributed by atoms with Crippen molar-refractivity contribution < 1.29 is 19.7 Å². The van der Waals surface area contributed by atoms with E-state index in [-0.39, 0.29) is 6.61 Å². The highest BCUT2D eigenvalue weighted by Gasteiger charge is 2.48. The fraction of sp³-hybridized carbons (Fsp3) is 1.00. The minimum Gasteiger partial charge on any atom is -0.387 e. The SMILES string of the molecule is [B][C@@H]1O[C@H](COC)[C@@H](O)C1(C)O. The largest absolute Gasteiger partial charge is 0.387 e. The molecule has 1 aliphatic rings. The molecule has 0 aromatic rings. The number of methoxy groups -OCH3 is 1. The van der Waals surface area contributed by atoms with Gasteiger partial charge in [-0.3, -0.25) is 0 Å².